The average Bonchev–Trinajstić information content (AvgIpc) is 2.84. The Morgan fingerprint density at radius 3 is 2.31 bits per heavy atom. The Labute approximate surface area is 213 Å². The second-order valence-electron chi connectivity index (χ2n) is 9.73. The van der Waals surface area contributed by atoms with E-state index >= 15 is 0 Å². The topological polar surface area (TPSA) is 74.1 Å². The third-order valence-corrected chi connectivity index (χ3v) is 5.39. The summed E-state index contributed by atoms with van der Waals surface area (Å²) in [7, 11) is 0. The van der Waals surface area contributed by atoms with Crippen molar-refractivity contribution < 1.29 is 9.59 Å². The van der Waals surface area contributed by atoms with Gasteiger partial charge in [0.1, 0.15) is 12.1 Å². The van der Waals surface area contributed by atoms with Crippen molar-refractivity contribution in [1.29, 1.82) is 0 Å². The molecule has 0 fully saturated rings. The molecule has 0 radical (unpaired) electrons. The number of hydrogen-bond donors (Lipinski definition) is 1. The minimum atomic E-state index is -0.877. The molecule has 0 aromatic heterocycles. The number of nitrogens with one attached hydrogen (secondary N) is 1. The van der Waals surface area contributed by atoms with E-state index in [-0.39, 0.29) is 11.8 Å². The van der Waals surface area contributed by atoms with E-state index in [1.54, 1.807) is 17.0 Å². The largest absolute Gasteiger partial charge is 0.349 e. The number of rotatable bonds is 8. The van der Waals surface area contributed by atoms with Gasteiger partial charge in [-0.25, -0.2) is 0 Å². The van der Waals surface area contributed by atoms with E-state index in [0.717, 1.165) is 11.3 Å². The highest BCUT2D eigenvalue weighted by Crippen LogP contribution is 2.32. The molecule has 0 aliphatic rings. The Morgan fingerprint density at radius 1 is 0.944 bits per heavy atom. The summed E-state index contributed by atoms with van der Waals surface area (Å²) >= 11 is 0. The van der Waals surface area contributed by atoms with Crippen LogP contribution in [0.3, 0.4) is 0 Å². The minimum absolute atomic E-state index is 0.210. The van der Waals surface area contributed by atoms with Gasteiger partial charge in [-0.2, -0.15) is 9.98 Å². The van der Waals surface area contributed by atoms with Gasteiger partial charge < -0.3 is 10.2 Å². The Morgan fingerprint density at radius 2 is 1.64 bits per heavy atom. The number of aliphatic imine (C=N–C) groups is 2. The van der Waals surface area contributed by atoms with Crippen molar-refractivity contribution in [3.63, 3.8) is 0 Å². The number of carbonyl (C=O) groups excluding carboxylic acids is 2. The van der Waals surface area contributed by atoms with E-state index in [2.05, 4.69) is 21.3 Å². The third kappa shape index (κ3) is 7.24. The second kappa shape index (κ2) is 12.1. The Kier molecular flexibility index (Phi) is 8.93. The summed E-state index contributed by atoms with van der Waals surface area (Å²) in [5, 5.41) is 3.06. The quantitative estimate of drug-likeness (QED) is 0.366. The first kappa shape index (κ1) is 26.6. The van der Waals surface area contributed by atoms with Gasteiger partial charge >= 0.3 is 0 Å². The molecule has 186 valence electrons. The smallest absolute Gasteiger partial charge is 0.254 e. The summed E-state index contributed by atoms with van der Waals surface area (Å²) in [6, 6.07) is 26.0. The van der Waals surface area contributed by atoms with Gasteiger partial charge in [-0.1, -0.05) is 55.5 Å². The van der Waals surface area contributed by atoms with E-state index in [1.807, 2.05) is 101 Å². The molecule has 1 N–H and O–H groups in total. The number of hydrogen-bond acceptors (Lipinski definition) is 4. The highest BCUT2D eigenvalue weighted by atomic mass is 16.2. The molecule has 2 amide bonds. The van der Waals surface area contributed by atoms with Crippen LogP contribution in [0.1, 0.15) is 61.6 Å². The normalized spacial score (nSPS) is 11.7. The average molecular weight is 483 g/mol. The lowest BCUT2D eigenvalue weighted by Gasteiger charge is -2.34. The number of nitrogens with zero attached hydrogens (tertiary/aromatic N) is 3. The molecule has 3 aromatic carbocycles. The van der Waals surface area contributed by atoms with Gasteiger partial charge in [0.2, 0.25) is 5.91 Å². The highest BCUT2D eigenvalue weighted by molar-refractivity contribution is 5.98. The van der Waals surface area contributed by atoms with Crippen LogP contribution in [0.25, 0.3) is 0 Å². The monoisotopic (exact) mass is 482 g/mol. The third-order valence-electron chi connectivity index (χ3n) is 5.39. The predicted octanol–water partition coefficient (Wildman–Crippen LogP) is 6.64. The molecule has 1 unspecified atom stereocenters. The maximum absolute atomic E-state index is 13.7. The first-order valence-electron chi connectivity index (χ1n) is 12.2. The van der Waals surface area contributed by atoms with Crippen molar-refractivity contribution in [3.05, 3.63) is 95.6 Å². The summed E-state index contributed by atoms with van der Waals surface area (Å²) in [5.74, 6) is -0.475. The summed E-state index contributed by atoms with van der Waals surface area (Å²) in [6.07, 6.45) is 0.693. The molecule has 0 spiro atoms. The molecule has 0 saturated heterocycles. The van der Waals surface area contributed by atoms with Crippen LogP contribution in [0.5, 0.6) is 0 Å². The van der Waals surface area contributed by atoms with Crippen molar-refractivity contribution in [1.82, 2.24) is 10.2 Å². The van der Waals surface area contributed by atoms with Crippen LogP contribution < -0.4 is 5.32 Å². The zero-order valence-corrected chi connectivity index (χ0v) is 21.7. The fourth-order valence-electron chi connectivity index (χ4n) is 3.88. The van der Waals surface area contributed by atoms with Crippen LogP contribution in [0.2, 0.25) is 0 Å². The second-order valence-corrected chi connectivity index (χ2v) is 9.73. The molecule has 1 atom stereocenters. The molecule has 0 aliphatic heterocycles. The van der Waals surface area contributed by atoms with Gasteiger partial charge in [-0.3, -0.25) is 9.59 Å². The van der Waals surface area contributed by atoms with Crippen LogP contribution in [0.4, 0.5) is 11.4 Å². The SMILES string of the molecule is CCCN(C(=O)c1ccccc1)C(C(=O)NC(C)(C)C)c1ccccc1N=C=Nc1cccc(C)c1. The molecular formula is C30H34N4O2. The zero-order chi connectivity index (χ0) is 26.1. The molecule has 6 nitrogen and oxygen atoms in total. The summed E-state index contributed by atoms with van der Waals surface area (Å²) < 4.78 is 0. The first-order valence-corrected chi connectivity index (χ1v) is 12.2. The van der Waals surface area contributed by atoms with Crippen LogP contribution in [-0.4, -0.2) is 34.8 Å². The maximum Gasteiger partial charge on any atom is 0.254 e. The van der Waals surface area contributed by atoms with Gasteiger partial charge in [0, 0.05) is 23.2 Å². The van der Waals surface area contributed by atoms with E-state index in [9.17, 15) is 9.59 Å². The van der Waals surface area contributed by atoms with Crippen molar-refractivity contribution in [2.24, 2.45) is 9.98 Å². The van der Waals surface area contributed by atoms with Crippen molar-refractivity contribution in [2.45, 2.75) is 52.6 Å². The first-order chi connectivity index (χ1) is 17.2. The minimum Gasteiger partial charge on any atom is -0.349 e. The molecule has 3 rings (SSSR count). The highest BCUT2D eigenvalue weighted by Gasteiger charge is 2.34. The summed E-state index contributed by atoms with van der Waals surface area (Å²) in [4.78, 5) is 37.8. The van der Waals surface area contributed by atoms with Crippen LogP contribution >= 0.6 is 0 Å². The molecule has 36 heavy (non-hydrogen) atoms. The Balaban J connectivity index is 2.10. The van der Waals surface area contributed by atoms with Gasteiger partial charge in [0.05, 0.1) is 11.4 Å². The molecule has 3 aromatic rings. The fraction of sp³-hybridized carbons (Fsp3) is 0.300. The lowest BCUT2D eigenvalue weighted by Crippen LogP contribution is -2.49. The van der Waals surface area contributed by atoms with Crippen molar-refractivity contribution in [2.75, 3.05) is 6.54 Å². The molecule has 0 aliphatic carbocycles. The van der Waals surface area contributed by atoms with Gasteiger partial charge in [0.15, 0.2) is 0 Å². The standard InChI is InChI=1S/C30H34N4O2/c1-6-19-34(29(36)23-14-8-7-9-15-23)27(28(35)33-30(3,4)5)25-17-10-11-18-26(25)32-21-31-24-16-12-13-22(2)20-24/h7-18,20,27H,6,19H2,1-5H3,(H,33,35). The van der Waals surface area contributed by atoms with E-state index in [0.29, 0.717) is 29.8 Å². The predicted molar refractivity (Wildman–Crippen MR) is 145 cm³/mol. The van der Waals surface area contributed by atoms with Crippen molar-refractivity contribution >= 4 is 29.2 Å². The molecule has 0 saturated carbocycles. The number of carbonyl (C=O) groups is 2. The van der Waals surface area contributed by atoms with Gasteiger partial charge in [-0.15, -0.1) is 0 Å². The maximum atomic E-state index is 13.7. The fourth-order valence-corrected chi connectivity index (χ4v) is 3.88. The Hall–Kier alpha value is -4.02. The molecule has 6 heteroatoms. The number of aryl methyl sites for hydroxylation is 1. The van der Waals surface area contributed by atoms with E-state index < -0.39 is 11.6 Å². The van der Waals surface area contributed by atoms with Crippen molar-refractivity contribution in [3.8, 4) is 0 Å². The molecule has 0 bridgehead atoms. The number of para-hydroxylation sites is 1. The lowest BCUT2D eigenvalue weighted by molar-refractivity contribution is -0.127. The zero-order valence-electron chi connectivity index (χ0n) is 21.7. The summed E-state index contributed by atoms with van der Waals surface area (Å²) in [6.45, 7) is 10.2. The number of amides is 2. The van der Waals surface area contributed by atoms with Crippen LogP contribution in [-0.2, 0) is 4.79 Å². The van der Waals surface area contributed by atoms with E-state index in [4.69, 9.17) is 0 Å². The Bertz CT molecular complexity index is 1260. The lowest BCUT2D eigenvalue weighted by atomic mass is 9.99. The van der Waals surface area contributed by atoms with Gasteiger partial charge in [0.25, 0.3) is 5.91 Å². The molecule has 0 heterocycles. The van der Waals surface area contributed by atoms with Crippen LogP contribution in [0.15, 0.2) is 88.8 Å². The van der Waals surface area contributed by atoms with Crippen LogP contribution in [0, 0.1) is 6.92 Å². The van der Waals surface area contributed by atoms with E-state index in [1.165, 1.54) is 0 Å². The number of benzene rings is 3. The molecular weight excluding hydrogens is 448 g/mol. The van der Waals surface area contributed by atoms with Gasteiger partial charge in [-0.05, 0) is 70.0 Å². The summed E-state index contributed by atoms with van der Waals surface area (Å²) in [5.41, 5.74) is 3.03.